The lowest BCUT2D eigenvalue weighted by Crippen LogP contribution is -2.34. The van der Waals surface area contributed by atoms with Crippen molar-refractivity contribution < 1.29 is 14.3 Å². The predicted molar refractivity (Wildman–Crippen MR) is 57.5 cm³/mol. The minimum Gasteiger partial charge on any atom is -0.465 e. The van der Waals surface area contributed by atoms with Crippen LogP contribution in [-0.2, 0) is 14.3 Å². The van der Waals surface area contributed by atoms with Crippen LogP contribution in [0, 0.1) is 0 Å². The highest BCUT2D eigenvalue weighted by Crippen LogP contribution is 2.03. The van der Waals surface area contributed by atoms with E-state index in [9.17, 15) is 9.59 Å². The van der Waals surface area contributed by atoms with Gasteiger partial charge in [-0.25, -0.2) is 0 Å². The number of nitrogens with one attached hydrogen (secondary N) is 1. The lowest BCUT2D eigenvalue weighted by atomic mass is 10.2. The Hall–Kier alpha value is -0.550. The highest BCUT2D eigenvalue weighted by Gasteiger charge is 2.10. The van der Waals surface area contributed by atoms with Crippen LogP contribution in [-0.4, -0.2) is 43.0 Å². The van der Waals surface area contributed by atoms with Crippen molar-refractivity contribution in [3.8, 4) is 0 Å². The fourth-order valence-corrected chi connectivity index (χ4v) is 1.85. The van der Waals surface area contributed by atoms with E-state index in [0.29, 0.717) is 12.4 Å². The Kier molecular flexibility index (Phi) is 7.51. The number of carbonyl (C=O) groups is 2. The Morgan fingerprint density at radius 1 is 1.43 bits per heavy atom. The Bertz CT molecular complexity index is 196. The largest absolute Gasteiger partial charge is 0.465 e. The van der Waals surface area contributed by atoms with E-state index in [1.807, 2.05) is 0 Å². The molecule has 0 spiro atoms. The molecular weight excluding hydrogens is 202 g/mol. The van der Waals surface area contributed by atoms with Gasteiger partial charge < -0.3 is 10.1 Å². The molecule has 0 amide bonds. The lowest BCUT2D eigenvalue weighted by Gasteiger charge is -2.11. The molecule has 0 aromatic heterocycles. The molecule has 14 heavy (non-hydrogen) atoms. The van der Waals surface area contributed by atoms with Gasteiger partial charge in [-0.05, 0) is 14.0 Å². The molecule has 0 aromatic rings. The number of likely N-dealkylation sites (N-methyl/N-ethyl adjacent to an activating group) is 1. The van der Waals surface area contributed by atoms with E-state index in [1.165, 1.54) is 6.92 Å². The number of ketones is 1. The van der Waals surface area contributed by atoms with Crippen LogP contribution in [0.15, 0.2) is 0 Å². The number of thioether (sulfide) groups is 1. The van der Waals surface area contributed by atoms with Crippen LogP contribution in [0.5, 0.6) is 0 Å². The second-order valence-electron chi connectivity index (χ2n) is 2.87. The zero-order valence-electron chi connectivity index (χ0n) is 8.83. The summed E-state index contributed by atoms with van der Waals surface area (Å²) in [5, 5.41) is 2.92. The van der Waals surface area contributed by atoms with Crippen molar-refractivity contribution in [3.05, 3.63) is 0 Å². The van der Waals surface area contributed by atoms with E-state index in [1.54, 1.807) is 25.7 Å². The van der Waals surface area contributed by atoms with Crippen LogP contribution >= 0.6 is 11.8 Å². The van der Waals surface area contributed by atoms with Crippen molar-refractivity contribution in [1.29, 1.82) is 0 Å². The normalized spacial score (nSPS) is 12.2. The molecule has 0 radical (unpaired) electrons. The molecule has 0 fully saturated rings. The molecule has 0 heterocycles. The standard InChI is InChI=1S/C9H17NO3S/c1-7(11)9(10-3)6-14-5-4-13-8(2)12/h9-10H,4-6H2,1-3H3. The number of rotatable bonds is 7. The van der Waals surface area contributed by atoms with Gasteiger partial charge in [0.2, 0.25) is 0 Å². The minimum atomic E-state index is -0.262. The number of esters is 1. The molecule has 4 nitrogen and oxygen atoms in total. The Labute approximate surface area is 88.8 Å². The van der Waals surface area contributed by atoms with Gasteiger partial charge in [-0.1, -0.05) is 0 Å². The quantitative estimate of drug-likeness (QED) is 0.498. The highest BCUT2D eigenvalue weighted by atomic mass is 32.2. The van der Waals surface area contributed by atoms with Crippen molar-refractivity contribution in [1.82, 2.24) is 5.32 Å². The third-order valence-corrected chi connectivity index (χ3v) is 2.68. The zero-order valence-corrected chi connectivity index (χ0v) is 9.65. The number of hydrogen-bond donors (Lipinski definition) is 1. The average Bonchev–Trinajstić information content (AvgIpc) is 2.10. The Morgan fingerprint density at radius 3 is 2.50 bits per heavy atom. The van der Waals surface area contributed by atoms with Crippen LogP contribution in [0.4, 0.5) is 0 Å². The maximum atomic E-state index is 11.0. The molecule has 82 valence electrons. The van der Waals surface area contributed by atoms with E-state index >= 15 is 0 Å². The van der Waals surface area contributed by atoms with Gasteiger partial charge in [-0.15, -0.1) is 0 Å². The van der Waals surface area contributed by atoms with Gasteiger partial charge in [0.15, 0.2) is 0 Å². The van der Waals surface area contributed by atoms with E-state index < -0.39 is 0 Å². The van der Waals surface area contributed by atoms with Gasteiger partial charge in [0.05, 0.1) is 6.04 Å². The molecule has 0 aromatic carbocycles. The SMILES string of the molecule is CNC(CSCCOC(C)=O)C(C)=O. The molecule has 1 N–H and O–H groups in total. The van der Waals surface area contributed by atoms with Crippen LogP contribution in [0.1, 0.15) is 13.8 Å². The second-order valence-corrected chi connectivity index (χ2v) is 4.02. The molecule has 0 saturated carbocycles. The van der Waals surface area contributed by atoms with E-state index in [0.717, 1.165) is 5.75 Å². The summed E-state index contributed by atoms with van der Waals surface area (Å²) in [6.07, 6.45) is 0. The summed E-state index contributed by atoms with van der Waals surface area (Å²) in [6.45, 7) is 3.36. The summed E-state index contributed by atoms with van der Waals surface area (Å²) >= 11 is 1.60. The highest BCUT2D eigenvalue weighted by molar-refractivity contribution is 7.99. The first-order valence-electron chi connectivity index (χ1n) is 4.46. The number of Topliss-reactive ketones (excluding diaryl/α,β-unsaturated/α-hetero) is 1. The molecule has 0 aliphatic carbocycles. The Morgan fingerprint density at radius 2 is 2.07 bits per heavy atom. The van der Waals surface area contributed by atoms with Crippen LogP contribution in [0.3, 0.4) is 0 Å². The average molecular weight is 219 g/mol. The number of hydrogen-bond acceptors (Lipinski definition) is 5. The van der Waals surface area contributed by atoms with Gasteiger partial charge in [0.25, 0.3) is 0 Å². The third-order valence-electron chi connectivity index (χ3n) is 1.66. The summed E-state index contributed by atoms with van der Waals surface area (Å²) in [7, 11) is 1.76. The third kappa shape index (κ3) is 6.91. The zero-order chi connectivity index (χ0) is 11.0. The van der Waals surface area contributed by atoms with Gasteiger partial charge in [-0.3, -0.25) is 9.59 Å². The van der Waals surface area contributed by atoms with Gasteiger partial charge in [0.1, 0.15) is 12.4 Å². The lowest BCUT2D eigenvalue weighted by molar-refractivity contribution is -0.140. The topological polar surface area (TPSA) is 55.4 Å². The number of ether oxygens (including phenoxy) is 1. The predicted octanol–water partition coefficient (Wildman–Crippen LogP) is 0.460. The van der Waals surface area contributed by atoms with Gasteiger partial charge in [0, 0.05) is 18.4 Å². The van der Waals surface area contributed by atoms with Crippen molar-refractivity contribution in [2.24, 2.45) is 0 Å². The van der Waals surface area contributed by atoms with Crippen LogP contribution in [0.2, 0.25) is 0 Å². The fraction of sp³-hybridized carbons (Fsp3) is 0.778. The van der Waals surface area contributed by atoms with E-state index in [-0.39, 0.29) is 17.8 Å². The molecule has 0 aliphatic heterocycles. The summed E-state index contributed by atoms with van der Waals surface area (Å²) in [6, 6.07) is -0.0997. The molecule has 1 atom stereocenters. The van der Waals surface area contributed by atoms with Crippen molar-refractivity contribution in [3.63, 3.8) is 0 Å². The minimum absolute atomic E-state index is 0.0997. The van der Waals surface area contributed by atoms with Gasteiger partial charge >= 0.3 is 5.97 Å². The first kappa shape index (κ1) is 13.4. The fourth-order valence-electron chi connectivity index (χ4n) is 0.849. The first-order chi connectivity index (χ1) is 6.57. The van der Waals surface area contributed by atoms with Crippen molar-refractivity contribution in [2.75, 3.05) is 25.2 Å². The van der Waals surface area contributed by atoms with Gasteiger partial charge in [-0.2, -0.15) is 11.8 Å². The van der Waals surface area contributed by atoms with E-state index in [4.69, 9.17) is 4.74 Å². The maximum absolute atomic E-state index is 11.0. The molecule has 0 aliphatic rings. The monoisotopic (exact) mass is 219 g/mol. The van der Waals surface area contributed by atoms with Crippen molar-refractivity contribution >= 4 is 23.5 Å². The molecule has 0 rings (SSSR count). The summed E-state index contributed by atoms with van der Waals surface area (Å²) < 4.78 is 4.75. The molecule has 5 heteroatoms. The van der Waals surface area contributed by atoms with E-state index in [2.05, 4.69) is 5.32 Å². The van der Waals surface area contributed by atoms with Crippen molar-refractivity contribution in [2.45, 2.75) is 19.9 Å². The van der Waals surface area contributed by atoms with Crippen LogP contribution in [0.25, 0.3) is 0 Å². The first-order valence-corrected chi connectivity index (χ1v) is 5.62. The summed E-state index contributed by atoms with van der Waals surface area (Å²) in [5.74, 6) is 1.31. The smallest absolute Gasteiger partial charge is 0.302 e. The summed E-state index contributed by atoms with van der Waals surface area (Å²) in [4.78, 5) is 21.4. The summed E-state index contributed by atoms with van der Waals surface area (Å²) in [5.41, 5.74) is 0. The second kappa shape index (κ2) is 7.82. The van der Waals surface area contributed by atoms with Crippen LogP contribution < -0.4 is 5.32 Å². The number of carbonyl (C=O) groups excluding carboxylic acids is 2. The molecule has 1 unspecified atom stereocenters. The molecule has 0 saturated heterocycles. The maximum Gasteiger partial charge on any atom is 0.302 e. The molecular formula is C9H17NO3S. The molecule has 0 bridgehead atoms. The Balaban J connectivity index is 3.42.